The Labute approximate surface area is 163 Å². The fourth-order valence-corrected chi connectivity index (χ4v) is 4.05. The number of benzene rings is 3. The normalized spacial score (nSPS) is 20.8. The highest BCUT2D eigenvalue weighted by Gasteiger charge is 2.76. The van der Waals surface area contributed by atoms with Gasteiger partial charge in [-0.05, 0) is 29.7 Å². The number of ketones is 1. The smallest absolute Gasteiger partial charge is 0.355 e. The Hall–Kier alpha value is -3.78. The van der Waals surface area contributed by atoms with E-state index in [0.717, 1.165) is 24.6 Å². The molecule has 1 atom stereocenters. The van der Waals surface area contributed by atoms with Crippen LogP contribution in [0.5, 0.6) is 23.0 Å². The van der Waals surface area contributed by atoms with Crippen LogP contribution in [0.4, 0.5) is 0 Å². The number of fused-ring (bicyclic) bond motifs is 2. The van der Waals surface area contributed by atoms with E-state index in [9.17, 15) is 24.9 Å². The van der Waals surface area contributed by atoms with Crippen LogP contribution in [0.15, 0.2) is 48.5 Å². The number of carbonyl (C=O) groups excluding carboxylic acids is 2. The van der Waals surface area contributed by atoms with E-state index in [1.54, 1.807) is 24.3 Å². The number of carbonyl (C=O) groups is 2. The van der Waals surface area contributed by atoms with Gasteiger partial charge in [-0.1, -0.05) is 24.3 Å². The number of hydrogen-bond acceptors (Lipinski definition) is 8. The van der Waals surface area contributed by atoms with Crippen molar-refractivity contribution in [2.45, 2.75) is 11.4 Å². The summed E-state index contributed by atoms with van der Waals surface area (Å²) in [5, 5.41) is 33.5. The highest BCUT2D eigenvalue weighted by molar-refractivity contribution is 6.22. The fraction of sp³-hybridized carbons (Fsp3) is 0.143. The van der Waals surface area contributed by atoms with Crippen molar-refractivity contribution in [3.63, 3.8) is 0 Å². The monoisotopic (exact) mass is 394 g/mol. The molecule has 3 N–H and O–H groups in total. The van der Waals surface area contributed by atoms with E-state index in [4.69, 9.17) is 9.47 Å². The molecular formula is C21H14O8. The molecule has 0 saturated heterocycles. The Balaban J connectivity index is 1.89. The van der Waals surface area contributed by atoms with E-state index in [1.807, 2.05) is 12.1 Å². The van der Waals surface area contributed by atoms with Gasteiger partial charge in [-0.25, -0.2) is 4.79 Å². The molecule has 0 amide bonds. The molecule has 1 aliphatic carbocycles. The summed E-state index contributed by atoms with van der Waals surface area (Å²) < 4.78 is 16.6. The van der Waals surface area contributed by atoms with Crippen molar-refractivity contribution < 1.29 is 39.1 Å². The number of phenolic OH excluding ortho intramolecular Hbond substituents is 2. The minimum absolute atomic E-state index is 0.218. The maximum Gasteiger partial charge on any atom is 0.355 e. The third-order valence-electron chi connectivity index (χ3n) is 5.34. The van der Waals surface area contributed by atoms with E-state index in [1.165, 1.54) is 0 Å². The quantitative estimate of drug-likeness (QED) is 0.325. The lowest BCUT2D eigenvalue weighted by atomic mass is 9.90. The van der Waals surface area contributed by atoms with Crippen molar-refractivity contribution in [1.82, 2.24) is 0 Å². The Kier molecular flexibility index (Phi) is 3.22. The maximum atomic E-state index is 13.1. The van der Waals surface area contributed by atoms with E-state index < -0.39 is 40.2 Å². The van der Waals surface area contributed by atoms with Gasteiger partial charge in [0.15, 0.2) is 0 Å². The minimum atomic E-state index is -3.02. The lowest BCUT2D eigenvalue weighted by Crippen LogP contribution is -2.64. The molecule has 0 radical (unpaired) electrons. The van der Waals surface area contributed by atoms with Gasteiger partial charge >= 0.3 is 17.4 Å². The number of Topliss-reactive ketones (excluding diaryl/α,β-unsaturated/α-hetero) is 1. The summed E-state index contributed by atoms with van der Waals surface area (Å²) in [6, 6.07) is 12.4. The minimum Gasteiger partial charge on any atom is -0.507 e. The molecule has 146 valence electrons. The van der Waals surface area contributed by atoms with E-state index in [-0.39, 0.29) is 17.1 Å². The van der Waals surface area contributed by atoms with Gasteiger partial charge < -0.3 is 29.5 Å². The van der Waals surface area contributed by atoms with Crippen molar-refractivity contribution >= 4 is 22.5 Å². The summed E-state index contributed by atoms with van der Waals surface area (Å²) >= 11 is 0. The predicted octanol–water partition coefficient (Wildman–Crippen LogP) is 1.98. The molecule has 8 heteroatoms. The molecule has 0 saturated carbocycles. The maximum absolute atomic E-state index is 13.1. The van der Waals surface area contributed by atoms with Crippen LogP contribution in [-0.2, 0) is 15.3 Å². The molecule has 3 aromatic rings. The lowest BCUT2D eigenvalue weighted by Gasteiger charge is -2.42. The number of aromatic hydroxyl groups is 2. The SMILES string of the molecule is COC(=O)[C@@]1(O)C(=O)c2c(O)ccc(O)c2C12Oc1cccc3cccc(c13)O2. The Morgan fingerprint density at radius 1 is 0.966 bits per heavy atom. The van der Waals surface area contributed by atoms with Gasteiger partial charge in [-0.3, -0.25) is 4.79 Å². The molecule has 0 aromatic heterocycles. The highest BCUT2D eigenvalue weighted by atomic mass is 16.7. The zero-order valence-electron chi connectivity index (χ0n) is 15.0. The van der Waals surface area contributed by atoms with Crippen LogP contribution >= 0.6 is 0 Å². The molecule has 1 spiro atoms. The van der Waals surface area contributed by atoms with Gasteiger partial charge in [-0.2, -0.15) is 0 Å². The number of hydrogen-bond donors (Lipinski definition) is 3. The number of ether oxygens (including phenoxy) is 3. The largest absolute Gasteiger partial charge is 0.507 e. The van der Waals surface area contributed by atoms with E-state index in [0.29, 0.717) is 5.39 Å². The van der Waals surface area contributed by atoms with Crippen LogP contribution in [0.25, 0.3) is 10.8 Å². The molecular weight excluding hydrogens is 380 g/mol. The van der Waals surface area contributed by atoms with Crippen molar-refractivity contribution in [2.24, 2.45) is 0 Å². The summed E-state index contributed by atoms with van der Waals surface area (Å²) in [6.07, 6.45) is 0. The molecule has 1 aliphatic heterocycles. The van der Waals surface area contributed by atoms with Crippen molar-refractivity contribution in [3.8, 4) is 23.0 Å². The van der Waals surface area contributed by atoms with E-state index >= 15 is 0 Å². The molecule has 5 rings (SSSR count). The number of rotatable bonds is 1. The first kappa shape index (κ1) is 17.3. The third kappa shape index (κ3) is 1.86. The van der Waals surface area contributed by atoms with Gasteiger partial charge in [0, 0.05) is 0 Å². The zero-order chi connectivity index (χ0) is 20.6. The molecule has 3 aromatic carbocycles. The van der Waals surface area contributed by atoms with Gasteiger partial charge in [0.05, 0.1) is 23.6 Å². The average molecular weight is 394 g/mol. The first-order valence-corrected chi connectivity index (χ1v) is 8.66. The number of aliphatic hydroxyl groups is 1. The first-order chi connectivity index (χ1) is 13.8. The molecule has 0 bridgehead atoms. The topological polar surface area (TPSA) is 123 Å². The number of methoxy groups -OCH3 is 1. The summed E-state index contributed by atoms with van der Waals surface area (Å²) in [6.45, 7) is 0. The van der Waals surface area contributed by atoms with Crippen LogP contribution in [0, 0.1) is 0 Å². The average Bonchev–Trinajstić information content (AvgIpc) is 2.91. The highest BCUT2D eigenvalue weighted by Crippen LogP contribution is 2.57. The van der Waals surface area contributed by atoms with Crippen LogP contribution in [-0.4, -0.2) is 39.8 Å². The van der Waals surface area contributed by atoms with Gasteiger partial charge in [0.25, 0.3) is 0 Å². The van der Waals surface area contributed by atoms with Crippen LogP contribution in [0.1, 0.15) is 15.9 Å². The van der Waals surface area contributed by atoms with Gasteiger partial charge in [-0.15, -0.1) is 0 Å². The molecule has 2 aliphatic rings. The third-order valence-corrected chi connectivity index (χ3v) is 5.34. The molecule has 0 unspecified atom stereocenters. The summed E-state index contributed by atoms with van der Waals surface area (Å²) in [5.41, 5.74) is -3.86. The van der Waals surface area contributed by atoms with Crippen molar-refractivity contribution in [1.29, 1.82) is 0 Å². The molecule has 8 nitrogen and oxygen atoms in total. The lowest BCUT2D eigenvalue weighted by molar-refractivity contribution is -0.233. The Morgan fingerprint density at radius 2 is 1.55 bits per heavy atom. The fourth-order valence-electron chi connectivity index (χ4n) is 4.05. The number of phenols is 2. The number of esters is 1. The van der Waals surface area contributed by atoms with Gasteiger partial charge in [0.1, 0.15) is 23.0 Å². The van der Waals surface area contributed by atoms with Crippen molar-refractivity contribution in [3.05, 3.63) is 59.7 Å². The second kappa shape index (κ2) is 5.39. The zero-order valence-corrected chi connectivity index (χ0v) is 15.0. The summed E-state index contributed by atoms with van der Waals surface area (Å²) in [4.78, 5) is 25.8. The predicted molar refractivity (Wildman–Crippen MR) is 97.9 cm³/mol. The standard InChI is InChI=1S/C21H14O8/c1-27-19(25)20(26)18(24)16-11(22)8-9-12(23)17(16)21(20)28-13-6-2-4-10-5-3-7-14(29-21)15(10)13/h2-9,22-23,26H,1H3/t20-/m0/s1. The van der Waals surface area contributed by atoms with Gasteiger partial charge in [0.2, 0.25) is 5.78 Å². The van der Waals surface area contributed by atoms with Crippen LogP contribution < -0.4 is 9.47 Å². The second-order valence-electron chi connectivity index (χ2n) is 6.82. The molecule has 1 heterocycles. The molecule has 29 heavy (non-hydrogen) atoms. The van der Waals surface area contributed by atoms with Crippen molar-refractivity contribution in [2.75, 3.05) is 7.11 Å². The Morgan fingerprint density at radius 3 is 2.14 bits per heavy atom. The van der Waals surface area contributed by atoms with Crippen LogP contribution in [0.3, 0.4) is 0 Å². The summed E-state index contributed by atoms with van der Waals surface area (Å²) in [7, 11) is 0.988. The second-order valence-corrected chi connectivity index (χ2v) is 6.82. The Bertz CT molecular complexity index is 1190. The first-order valence-electron chi connectivity index (χ1n) is 8.66. The van der Waals surface area contributed by atoms with E-state index in [2.05, 4.69) is 4.74 Å². The summed E-state index contributed by atoms with van der Waals surface area (Å²) in [5.74, 6) is -5.69. The molecule has 0 fully saturated rings. The van der Waals surface area contributed by atoms with Crippen LogP contribution in [0.2, 0.25) is 0 Å².